The molecule has 1 heterocycles. The Labute approximate surface area is 154 Å². The van der Waals surface area contributed by atoms with Gasteiger partial charge in [-0.2, -0.15) is 0 Å². The summed E-state index contributed by atoms with van der Waals surface area (Å²) in [5.74, 6) is 0.110. The Hall–Kier alpha value is -2.82. The molecule has 5 nitrogen and oxygen atoms in total. The minimum Gasteiger partial charge on any atom is -0.376 e. The zero-order chi connectivity index (χ0) is 18.4. The van der Waals surface area contributed by atoms with Crippen LogP contribution < -0.4 is 5.32 Å². The molecule has 2 aromatic rings. The van der Waals surface area contributed by atoms with Crippen LogP contribution in [0.1, 0.15) is 28.8 Å². The number of anilines is 1. The first-order valence-corrected chi connectivity index (χ1v) is 9.04. The van der Waals surface area contributed by atoms with Crippen LogP contribution in [-0.2, 0) is 11.3 Å². The van der Waals surface area contributed by atoms with Crippen LogP contribution >= 0.6 is 0 Å². The molecular weight excluding hydrogens is 326 g/mol. The van der Waals surface area contributed by atoms with E-state index in [9.17, 15) is 9.59 Å². The van der Waals surface area contributed by atoms with E-state index in [-0.39, 0.29) is 18.4 Å². The van der Waals surface area contributed by atoms with Gasteiger partial charge in [0.25, 0.3) is 5.91 Å². The molecule has 0 unspecified atom stereocenters. The van der Waals surface area contributed by atoms with Crippen LogP contribution in [0.2, 0.25) is 0 Å². The van der Waals surface area contributed by atoms with Crippen molar-refractivity contribution in [3.8, 4) is 0 Å². The van der Waals surface area contributed by atoms with E-state index < -0.39 is 0 Å². The minimum absolute atomic E-state index is 0.0195. The van der Waals surface area contributed by atoms with E-state index in [4.69, 9.17) is 0 Å². The number of likely N-dealkylation sites (tertiary alicyclic amines) is 1. The summed E-state index contributed by atoms with van der Waals surface area (Å²) in [7, 11) is 1.80. The van der Waals surface area contributed by atoms with Gasteiger partial charge < -0.3 is 15.1 Å². The van der Waals surface area contributed by atoms with E-state index in [0.717, 1.165) is 37.2 Å². The first-order chi connectivity index (χ1) is 12.6. The van der Waals surface area contributed by atoms with Gasteiger partial charge in [-0.25, -0.2) is 0 Å². The van der Waals surface area contributed by atoms with Gasteiger partial charge in [0.1, 0.15) is 0 Å². The number of benzene rings is 2. The lowest BCUT2D eigenvalue weighted by Gasteiger charge is -2.18. The van der Waals surface area contributed by atoms with Crippen LogP contribution in [0.15, 0.2) is 54.6 Å². The number of rotatable bonds is 6. The number of carbonyl (C=O) groups excluding carboxylic acids is 2. The van der Waals surface area contributed by atoms with Gasteiger partial charge in [0.15, 0.2) is 0 Å². The highest BCUT2D eigenvalue weighted by molar-refractivity contribution is 5.94. The van der Waals surface area contributed by atoms with E-state index in [1.54, 1.807) is 11.9 Å². The maximum Gasteiger partial charge on any atom is 0.253 e. The molecule has 0 bridgehead atoms. The van der Waals surface area contributed by atoms with Gasteiger partial charge in [-0.15, -0.1) is 0 Å². The van der Waals surface area contributed by atoms with Crippen LogP contribution in [0.5, 0.6) is 0 Å². The Kier molecular flexibility index (Phi) is 5.89. The largest absolute Gasteiger partial charge is 0.376 e. The average Bonchev–Trinajstić information content (AvgIpc) is 3.21. The number of nitrogens with zero attached hydrogens (tertiary/aromatic N) is 2. The lowest BCUT2D eigenvalue weighted by atomic mass is 10.2. The molecule has 1 aliphatic heterocycles. The van der Waals surface area contributed by atoms with Gasteiger partial charge >= 0.3 is 0 Å². The van der Waals surface area contributed by atoms with Crippen LogP contribution in [0, 0.1) is 0 Å². The van der Waals surface area contributed by atoms with Crippen molar-refractivity contribution >= 4 is 17.5 Å². The molecule has 136 valence electrons. The van der Waals surface area contributed by atoms with Crippen LogP contribution in [-0.4, -0.2) is 48.3 Å². The van der Waals surface area contributed by atoms with Crippen molar-refractivity contribution in [3.63, 3.8) is 0 Å². The zero-order valence-corrected chi connectivity index (χ0v) is 15.1. The maximum atomic E-state index is 12.3. The standard InChI is InChI=1S/C21H25N3O2/c1-23(16-17-7-3-2-4-8-17)20(25)15-22-19-11-9-18(10-12-19)21(26)24-13-5-6-14-24/h2-4,7-12,22H,5-6,13-16H2,1H3. The smallest absolute Gasteiger partial charge is 0.253 e. The Morgan fingerprint density at radius 3 is 2.31 bits per heavy atom. The van der Waals surface area contributed by atoms with Crippen molar-refractivity contribution in [2.45, 2.75) is 19.4 Å². The van der Waals surface area contributed by atoms with Crippen molar-refractivity contribution in [1.82, 2.24) is 9.80 Å². The molecule has 2 aromatic carbocycles. The van der Waals surface area contributed by atoms with Gasteiger partial charge in [0.05, 0.1) is 6.54 Å². The molecule has 26 heavy (non-hydrogen) atoms. The second-order valence-corrected chi connectivity index (χ2v) is 6.67. The molecule has 1 N–H and O–H groups in total. The quantitative estimate of drug-likeness (QED) is 0.870. The predicted molar refractivity (Wildman–Crippen MR) is 103 cm³/mol. The number of carbonyl (C=O) groups is 2. The fourth-order valence-electron chi connectivity index (χ4n) is 3.09. The summed E-state index contributed by atoms with van der Waals surface area (Å²) in [5.41, 5.74) is 2.64. The lowest BCUT2D eigenvalue weighted by molar-refractivity contribution is -0.128. The van der Waals surface area contributed by atoms with E-state index in [1.807, 2.05) is 59.5 Å². The molecule has 0 radical (unpaired) electrons. The van der Waals surface area contributed by atoms with Crippen molar-refractivity contribution in [1.29, 1.82) is 0 Å². The molecule has 0 spiro atoms. The Morgan fingerprint density at radius 1 is 1.00 bits per heavy atom. The fraction of sp³-hybridized carbons (Fsp3) is 0.333. The minimum atomic E-state index is 0.0195. The first kappa shape index (κ1) is 18.0. The lowest BCUT2D eigenvalue weighted by Crippen LogP contribution is -2.31. The Morgan fingerprint density at radius 2 is 1.65 bits per heavy atom. The van der Waals surface area contributed by atoms with Gasteiger partial charge in [-0.3, -0.25) is 9.59 Å². The molecule has 2 amide bonds. The summed E-state index contributed by atoms with van der Waals surface area (Å²) >= 11 is 0. The summed E-state index contributed by atoms with van der Waals surface area (Å²) in [5, 5.41) is 3.13. The van der Waals surface area contributed by atoms with Crippen molar-refractivity contribution in [2.75, 3.05) is 32.0 Å². The third-order valence-electron chi connectivity index (χ3n) is 4.66. The molecule has 0 atom stereocenters. The number of hydrogen-bond donors (Lipinski definition) is 1. The topological polar surface area (TPSA) is 52.7 Å². The molecular formula is C21H25N3O2. The second kappa shape index (κ2) is 8.52. The molecule has 0 saturated carbocycles. The highest BCUT2D eigenvalue weighted by Gasteiger charge is 2.19. The molecule has 1 aliphatic rings. The van der Waals surface area contributed by atoms with E-state index >= 15 is 0 Å². The van der Waals surface area contributed by atoms with Crippen LogP contribution in [0.25, 0.3) is 0 Å². The average molecular weight is 351 g/mol. The van der Waals surface area contributed by atoms with Gasteiger partial charge in [-0.1, -0.05) is 30.3 Å². The van der Waals surface area contributed by atoms with E-state index in [2.05, 4.69) is 5.32 Å². The molecule has 1 saturated heterocycles. The maximum absolute atomic E-state index is 12.3. The second-order valence-electron chi connectivity index (χ2n) is 6.67. The Balaban J connectivity index is 1.49. The van der Waals surface area contributed by atoms with Gasteiger partial charge in [-0.05, 0) is 42.7 Å². The van der Waals surface area contributed by atoms with Gasteiger partial charge in [0, 0.05) is 37.9 Å². The SMILES string of the molecule is CN(Cc1ccccc1)C(=O)CNc1ccc(C(=O)N2CCCC2)cc1. The summed E-state index contributed by atoms with van der Waals surface area (Å²) in [6.07, 6.45) is 2.17. The molecule has 0 aliphatic carbocycles. The monoisotopic (exact) mass is 351 g/mol. The summed E-state index contributed by atoms with van der Waals surface area (Å²) < 4.78 is 0. The number of likely N-dealkylation sites (N-methyl/N-ethyl adjacent to an activating group) is 1. The zero-order valence-electron chi connectivity index (χ0n) is 15.1. The first-order valence-electron chi connectivity index (χ1n) is 9.04. The Bertz CT molecular complexity index is 738. The predicted octanol–water partition coefficient (Wildman–Crippen LogP) is 2.99. The molecule has 3 rings (SSSR count). The molecule has 1 fully saturated rings. The van der Waals surface area contributed by atoms with Gasteiger partial charge in [0.2, 0.25) is 5.91 Å². The highest BCUT2D eigenvalue weighted by atomic mass is 16.2. The summed E-state index contributed by atoms with van der Waals surface area (Å²) in [4.78, 5) is 28.2. The van der Waals surface area contributed by atoms with E-state index in [0.29, 0.717) is 12.1 Å². The van der Waals surface area contributed by atoms with Crippen molar-refractivity contribution < 1.29 is 9.59 Å². The van der Waals surface area contributed by atoms with Crippen molar-refractivity contribution in [2.24, 2.45) is 0 Å². The third kappa shape index (κ3) is 4.63. The van der Waals surface area contributed by atoms with Crippen LogP contribution in [0.4, 0.5) is 5.69 Å². The van der Waals surface area contributed by atoms with Crippen molar-refractivity contribution in [3.05, 3.63) is 65.7 Å². The number of hydrogen-bond acceptors (Lipinski definition) is 3. The number of nitrogens with one attached hydrogen (secondary N) is 1. The fourth-order valence-corrected chi connectivity index (χ4v) is 3.09. The summed E-state index contributed by atoms with van der Waals surface area (Å²) in [6, 6.07) is 17.3. The highest BCUT2D eigenvalue weighted by Crippen LogP contribution is 2.15. The number of amides is 2. The third-order valence-corrected chi connectivity index (χ3v) is 4.66. The molecule has 5 heteroatoms. The van der Waals surface area contributed by atoms with Crippen LogP contribution in [0.3, 0.4) is 0 Å². The normalized spacial score (nSPS) is 13.5. The summed E-state index contributed by atoms with van der Waals surface area (Å²) in [6.45, 7) is 2.51. The molecule has 0 aromatic heterocycles. The van der Waals surface area contributed by atoms with E-state index in [1.165, 1.54) is 0 Å².